The van der Waals surface area contributed by atoms with Gasteiger partial charge in [-0.1, -0.05) is 0 Å². The van der Waals surface area contributed by atoms with E-state index in [1.165, 1.54) is 0 Å². The molecule has 2 heteroatoms. The number of hydrogen-bond acceptors (Lipinski definition) is 2. The third-order valence-corrected chi connectivity index (χ3v) is 2.55. The number of rotatable bonds is 0. The average molecular weight is 176 g/mol. The van der Waals surface area contributed by atoms with E-state index >= 15 is 0 Å². The molecule has 1 aromatic carbocycles. The van der Waals surface area contributed by atoms with E-state index in [9.17, 15) is 5.11 Å². The molecule has 0 aliphatic heterocycles. The van der Waals surface area contributed by atoms with Gasteiger partial charge in [-0.2, -0.15) is 0 Å². The normalized spacial score (nSPS) is 11.0. The largest absolute Gasteiger partial charge is 0.504 e. The minimum atomic E-state index is 0.267. The standard InChI is InChI=1S/C11H12O2/c1-6-4-9-7(2)5-13-11(9)10(12)8(6)3/h4-5,12H,1-3H3. The lowest BCUT2D eigenvalue weighted by Gasteiger charge is -2.03. The summed E-state index contributed by atoms with van der Waals surface area (Å²) < 4.78 is 5.27. The number of phenolic OH excluding ortho intramolecular Hbond substituents is 1. The first-order valence-corrected chi connectivity index (χ1v) is 4.28. The Morgan fingerprint density at radius 3 is 2.54 bits per heavy atom. The zero-order chi connectivity index (χ0) is 9.59. The number of aromatic hydroxyl groups is 1. The van der Waals surface area contributed by atoms with Crippen LogP contribution in [0.3, 0.4) is 0 Å². The smallest absolute Gasteiger partial charge is 0.176 e. The molecule has 0 amide bonds. The molecule has 0 fully saturated rings. The predicted octanol–water partition coefficient (Wildman–Crippen LogP) is 3.06. The van der Waals surface area contributed by atoms with Crippen LogP contribution in [0.25, 0.3) is 11.0 Å². The zero-order valence-corrected chi connectivity index (χ0v) is 8.01. The van der Waals surface area contributed by atoms with Gasteiger partial charge in [0.15, 0.2) is 11.3 Å². The molecule has 2 nitrogen and oxygen atoms in total. The van der Waals surface area contributed by atoms with E-state index in [1.54, 1.807) is 6.26 Å². The number of furan rings is 1. The molecule has 0 saturated carbocycles. The van der Waals surface area contributed by atoms with Crippen molar-refractivity contribution in [1.82, 2.24) is 0 Å². The molecular formula is C11H12O2. The van der Waals surface area contributed by atoms with Gasteiger partial charge in [-0.05, 0) is 43.5 Å². The second-order valence-corrected chi connectivity index (χ2v) is 3.46. The topological polar surface area (TPSA) is 33.4 Å². The molecule has 1 N–H and O–H groups in total. The first-order chi connectivity index (χ1) is 6.11. The molecule has 0 saturated heterocycles. The molecular weight excluding hydrogens is 164 g/mol. The van der Waals surface area contributed by atoms with Gasteiger partial charge in [0.25, 0.3) is 0 Å². The first-order valence-electron chi connectivity index (χ1n) is 4.28. The van der Waals surface area contributed by atoms with Gasteiger partial charge in [-0.15, -0.1) is 0 Å². The summed E-state index contributed by atoms with van der Waals surface area (Å²) in [7, 11) is 0. The van der Waals surface area contributed by atoms with E-state index in [2.05, 4.69) is 0 Å². The third kappa shape index (κ3) is 1.02. The quantitative estimate of drug-likeness (QED) is 0.669. The molecule has 0 radical (unpaired) electrons. The van der Waals surface area contributed by atoms with Crippen molar-refractivity contribution in [2.75, 3.05) is 0 Å². The Morgan fingerprint density at radius 1 is 1.15 bits per heavy atom. The van der Waals surface area contributed by atoms with Crippen molar-refractivity contribution in [3.8, 4) is 5.75 Å². The van der Waals surface area contributed by atoms with Crippen LogP contribution in [0.1, 0.15) is 16.7 Å². The molecule has 0 spiro atoms. The Hall–Kier alpha value is -1.44. The van der Waals surface area contributed by atoms with Crippen LogP contribution in [0.5, 0.6) is 5.75 Å². The molecule has 2 aromatic rings. The van der Waals surface area contributed by atoms with Gasteiger partial charge in [-0.25, -0.2) is 0 Å². The van der Waals surface area contributed by atoms with Crippen LogP contribution in [0, 0.1) is 20.8 Å². The molecule has 68 valence electrons. The molecule has 1 heterocycles. The van der Waals surface area contributed by atoms with Crippen LogP contribution in [-0.2, 0) is 0 Å². The molecule has 0 unspecified atom stereocenters. The van der Waals surface area contributed by atoms with Gasteiger partial charge in [0, 0.05) is 5.39 Å². The number of benzene rings is 1. The predicted molar refractivity (Wildman–Crippen MR) is 52.1 cm³/mol. The van der Waals surface area contributed by atoms with Crippen molar-refractivity contribution in [3.63, 3.8) is 0 Å². The van der Waals surface area contributed by atoms with E-state index in [4.69, 9.17) is 4.42 Å². The van der Waals surface area contributed by atoms with Crippen molar-refractivity contribution < 1.29 is 9.52 Å². The van der Waals surface area contributed by atoms with E-state index in [0.717, 1.165) is 22.1 Å². The van der Waals surface area contributed by atoms with Crippen molar-refractivity contribution >= 4 is 11.0 Å². The maximum atomic E-state index is 9.76. The minimum Gasteiger partial charge on any atom is -0.504 e. The summed E-state index contributed by atoms with van der Waals surface area (Å²) in [6.07, 6.45) is 1.67. The average Bonchev–Trinajstić information content (AvgIpc) is 2.45. The van der Waals surface area contributed by atoms with E-state index in [-0.39, 0.29) is 5.75 Å². The van der Waals surface area contributed by atoms with Crippen molar-refractivity contribution in [3.05, 3.63) is 29.0 Å². The maximum Gasteiger partial charge on any atom is 0.176 e. The van der Waals surface area contributed by atoms with Gasteiger partial charge < -0.3 is 9.52 Å². The Kier molecular flexibility index (Phi) is 1.59. The first kappa shape index (κ1) is 8.17. The lowest BCUT2D eigenvalue weighted by atomic mass is 10.0. The Labute approximate surface area is 76.8 Å². The summed E-state index contributed by atoms with van der Waals surface area (Å²) in [6, 6.07) is 2.04. The summed E-state index contributed by atoms with van der Waals surface area (Å²) in [5.74, 6) is 0.267. The molecule has 0 aliphatic carbocycles. The van der Waals surface area contributed by atoms with Gasteiger partial charge in [0.1, 0.15) is 0 Å². The van der Waals surface area contributed by atoms with Crippen molar-refractivity contribution in [2.45, 2.75) is 20.8 Å². The summed E-state index contributed by atoms with van der Waals surface area (Å²) in [5, 5.41) is 10.8. The lowest BCUT2D eigenvalue weighted by molar-refractivity contribution is 0.460. The van der Waals surface area contributed by atoms with E-state index in [0.29, 0.717) is 5.58 Å². The fourth-order valence-corrected chi connectivity index (χ4v) is 1.50. The van der Waals surface area contributed by atoms with Crippen LogP contribution >= 0.6 is 0 Å². The minimum absolute atomic E-state index is 0.267. The highest BCUT2D eigenvalue weighted by molar-refractivity contribution is 5.87. The van der Waals surface area contributed by atoms with Crippen LogP contribution in [-0.4, -0.2) is 5.11 Å². The fourth-order valence-electron chi connectivity index (χ4n) is 1.50. The molecule has 0 bridgehead atoms. The Bertz CT molecular complexity index is 466. The van der Waals surface area contributed by atoms with Crippen LogP contribution < -0.4 is 0 Å². The number of phenols is 1. The molecule has 1 aromatic heterocycles. The molecule has 2 rings (SSSR count). The van der Waals surface area contributed by atoms with Gasteiger partial charge in [0.05, 0.1) is 6.26 Å². The highest BCUT2D eigenvalue weighted by Crippen LogP contribution is 2.33. The third-order valence-electron chi connectivity index (χ3n) is 2.55. The summed E-state index contributed by atoms with van der Waals surface area (Å²) >= 11 is 0. The van der Waals surface area contributed by atoms with E-state index < -0.39 is 0 Å². The molecule has 0 aliphatic rings. The number of fused-ring (bicyclic) bond motifs is 1. The second kappa shape index (κ2) is 2.52. The summed E-state index contributed by atoms with van der Waals surface area (Å²) in [4.78, 5) is 0. The second-order valence-electron chi connectivity index (χ2n) is 3.46. The molecule has 13 heavy (non-hydrogen) atoms. The molecule has 0 atom stereocenters. The summed E-state index contributed by atoms with van der Waals surface area (Å²) in [5.41, 5.74) is 3.64. The Balaban J connectivity index is 2.96. The van der Waals surface area contributed by atoms with Crippen LogP contribution in [0.4, 0.5) is 0 Å². The van der Waals surface area contributed by atoms with Gasteiger partial charge in [-0.3, -0.25) is 0 Å². The maximum absolute atomic E-state index is 9.76. The number of aryl methyl sites for hydroxylation is 2. The fraction of sp³-hybridized carbons (Fsp3) is 0.273. The highest BCUT2D eigenvalue weighted by atomic mass is 16.3. The number of hydrogen-bond donors (Lipinski definition) is 1. The van der Waals surface area contributed by atoms with Gasteiger partial charge in [0.2, 0.25) is 0 Å². The van der Waals surface area contributed by atoms with Crippen LogP contribution in [0.2, 0.25) is 0 Å². The van der Waals surface area contributed by atoms with E-state index in [1.807, 2.05) is 26.8 Å². The lowest BCUT2D eigenvalue weighted by Crippen LogP contribution is -1.82. The highest BCUT2D eigenvalue weighted by Gasteiger charge is 2.11. The Morgan fingerprint density at radius 2 is 1.85 bits per heavy atom. The van der Waals surface area contributed by atoms with Crippen molar-refractivity contribution in [1.29, 1.82) is 0 Å². The zero-order valence-electron chi connectivity index (χ0n) is 8.01. The summed E-state index contributed by atoms with van der Waals surface area (Å²) in [6.45, 7) is 5.85. The van der Waals surface area contributed by atoms with Crippen molar-refractivity contribution in [2.24, 2.45) is 0 Å². The van der Waals surface area contributed by atoms with Crippen LogP contribution in [0.15, 0.2) is 16.7 Å². The monoisotopic (exact) mass is 176 g/mol. The SMILES string of the molecule is Cc1cc2c(C)coc2c(O)c1C. The van der Waals surface area contributed by atoms with Gasteiger partial charge >= 0.3 is 0 Å².